The zero-order valence-electron chi connectivity index (χ0n) is 20.8. The Morgan fingerprint density at radius 1 is 1.03 bits per heavy atom. The van der Waals surface area contributed by atoms with Crippen LogP contribution in [0.15, 0.2) is 61.6 Å². The summed E-state index contributed by atoms with van der Waals surface area (Å²) in [6, 6.07) is 5.69. The number of amides is 1. The molecule has 4 aromatic heterocycles. The van der Waals surface area contributed by atoms with Gasteiger partial charge in [-0.3, -0.25) is 19.7 Å². The van der Waals surface area contributed by atoms with Gasteiger partial charge in [-0.2, -0.15) is 13.2 Å². The SMILES string of the molecule is Cc1cnc(CNC(=O)c2cc(-c3cnc(-c4cccnc4)nc3)cn2CC2CC2)cn1.O=C(O)C(F)(F)F. The number of nitrogens with one attached hydrogen (secondary N) is 1. The number of alkyl halides is 3. The smallest absolute Gasteiger partial charge is 0.475 e. The maximum Gasteiger partial charge on any atom is 0.490 e. The van der Waals surface area contributed by atoms with E-state index in [0.717, 1.165) is 34.6 Å². The van der Waals surface area contributed by atoms with Gasteiger partial charge in [-0.1, -0.05) is 0 Å². The summed E-state index contributed by atoms with van der Waals surface area (Å²) in [6.07, 6.45) is 9.76. The summed E-state index contributed by atoms with van der Waals surface area (Å²) in [5, 5.41) is 10.1. The predicted molar refractivity (Wildman–Crippen MR) is 133 cm³/mol. The summed E-state index contributed by atoms with van der Waals surface area (Å²) < 4.78 is 33.8. The third-order valence-corrected chi connectivity index (χ3v) is 5.69. The second kappa shape index (κ2) is 11.8. The number of nitrogens with zero attached hydrogens (tertiary/aromatic N) is 6. The molecule has 0 atom stereocenters. The highest BCUT2D eigenvalue weighted by molar-refractivity contribution is 5.94. The molecule has 0 unspecified atom stereocenters. The Morgan fingerprint density at radius 3 is 2.31 bits per heavy atom. The minimum Gasteiger partial charge on any atom is -0.475 e. The molecule has 1 amide bonds. The second-order valence-electron chi connectivity index (χ2n) is 8.88. The lowest BCUT2D eigenvalue weighted by Crippen LogP contribution is -2.26. The molecule has 4 heterocycles. The Kier molecular flexibility index (Phi) is 8.27. The van der Waals surface area contributed by atoms with Gasteiger partial charge < -0.3 is 15.0 Å². The third-order valence-electron chi connectivity index (χ3n) is 5.69. The van der Waals surface area contributed by atoms with Crippen molar-refractivity contribution in [3.05, 3.63) is 78.7 Å². The number of pyridine rings is 1. The van der Waals surface area contributed by atoms with Crippen LogP contribution in [0.4, 0.5) is 13.2 Å². The number of carbonyl (C=O) groups excluding carboxylic acids is 1. The van der Waals surface area contributed by atoms with Gasteiger partial charge in [-0.15, -0.1) is 0 Å². The van der Waals surface area contributed by atoms with Gasteiger partial charge in [0.25, 0.3) is 5.91 Å². The molecule has 39 heavy (non-hydrogen) atoms. The quantitative estimate of drug-likeness (QED) is 0.359. The monoisotopic (exact) mass is 539 g/mol. The molecular formula is C26H24F3N7O3. The van der Waals surface area contributed by atoms with Crippen molar-refractivity contribution in [3.8, 4) is 22.5 Å². The van der Waals surface area contributed by atoms with Crippen molar-refractivity contribution in [2.45, 2.75) is 39.0 Å². The summed E-state index contributed by atoms with van der Waals surface area (Å²) in [6.45, 7) is 3.05. The number of carbonyl (C=O) groups is 2. The average molecular weight is 540 g/mol. The zero-order valence-corrected chi connectivity index (χ0v) is 20.8. The molecule has 0 bridgehead atoms. The Morgan fingerprint density at radius 2 is 1.74 bits per heavy atom. The number of hydrogen-bond donors (Lipinski definition) is 2. The molecule has 10 nitrogen and oxygen atoms in total. The Hall–Kier alpha value is -4.68. The van der Waals surface area contributed by atoms with Gasteiger partial charge in [0.1, 0.15) is 5.69 Å². The van der Waals surface area contributed by atoms with E-state index in [-0.39, 0.29) is 5.91 Å². The summed E-state index contributed by atoms with van der Waals surface area (Å²) in [5.41, 5.74) is 4.85. The van der Waals surface area contributed by atoms with Crippen molar-refractivity contribution < 1.29 is 27.9 Å². The lowest BCUT2D eigenvalue weighted by atomic mass is 10.1. The molecule has 1 aliphatic rings. The highest BCUT2D eigenvalue weighted by Gasteiger charge is 2.38. The van der Waals surface area contributed by atoms with E-state index in [2.05, 4.69) is 30.2 Å². The van der Waals surface area contributed by atoms with Gasteiger partial charge in [0.2, 0.25) is 0 Å². The van der Waals surface area contributed by atoms with E-state index in [4.69, 9.17) is 9.90 Å². The fraction of sp³-hybridized carbons (Fsp3) is 0.269. The van der Waals surface area contributed by atoms with Crippen molar-refractivity contribution in [1.29, 1.82) is 0 Å². The Bertz CT molecular complexity index is 1420. The number of halogens is 3. The maximum absolute atomic E-state index is 13.0. The van der Waals surface area contributed by atoms with Crippen LogP contribution in [0.25, 0.3) is 22.5 Å². The molecule has 1 saturated carbocycles. The summed E-state index contributed by atoms with van der Waals surface area (Å²) >= 11 is 0. The molecule has 0 aliphatic heterocycles. The van der Waals surface area contributed by atoms with Crippen molar-refractivity contribution in [2.24, 2.45) is 5.92 Å². The van der Waals surface area contributed by atoms with Crippen LogP contribution in [0, 0.1) is 12.8 Å². The first-order valence-corrected chi connectivity index (χ1v) is 11.9. The van der Waals surface area contributed by atoms with Crippen LogP contribution in [0.3, 0.4) is 0 Å². The van der Waals surface area contributed by atoms with Gasteiger partial charge in [-0.05, 0) is 43.9 Å². The molecule has 0 spiro atoms. The molecular weight excluding hydrogens is 515 g/mol. The van der Waals surface area contributed by atoms with Gasteiger partial charge >= 0.3 is 12.1 Å². The van der Waals surface area contributed by atoms with Crippen LogP contribution in [-0.4, -0.2) is 52.6 Å². The maximum atomic E-state index is 13.0. The first kappa shape index (κ1) is 27.4. The molecule has 4 aromatic rings. The fourth-order valence-corrected chi connectivity index (χ4v) is 3.48. The number of carboxylic acid groups (broad SMARTS) is 1. The van der Waals surface area contributed by atoms with Crippen molar-refractivity contribution in [2.75, 3.05) is 0 Å². The minimum atomic E-state index is -5.08. The molecule has 13 heteroatoms. The normalized spacial score (nSPS) is 12.8. The van der Waals surface area contributed by atoms with Crippen LogP contribution in [0.5, 0.6) is 0 Å². The fourth-order valence-electron chi connectivity index (χ4n) is 3.48. The first-order chi connectivity index (χ1) is 18.6. The van der Waals surface area contributed by atoms with Crippen molar-refractivity contribution >= 4 is 11.9 Å². The van der Waals surface area contributed by atoms with E-state index in [1.165, 1.54) is 12.8 Å². The number of aryl methyl sites for hydroxylation is 1. The van der Waals surface area contributed by atoms with Crippen molar-refractivity contribution in [3.63, 3.8) is 0 Å². The number of carboxylic acids is 1. The van der Waals surface area contributed by atoms with E-state index in [0.29, 0.717) is 24.0 Å². The van der Waals surface area contributed by atoms with E-state index in [1.807, 2.05) is 35.9 Å². The van der Waals surface area contributed by atoms with Gasteiger partial charge in [0, 0.05) is 60.4 Å². The number of aliphatic carboxylic acids is 1. The highest BCUT2D eigenvalue weighted by atomic mass is 19.4. The van der Waals surface area contributed by atoms with Gasteiger partial charge in [-0.25, -0.2) is 14.8 Å². The van der Waals surface area contributed by atoms with E-state index in [9.17, 15) is 18.0 Å². The molecule has 0 saturated heterocycles. The Balaban J connectivity index is 0.000000448. The van der Waals surface area contributed by atoms with Crippen LogP contribution in [0.2, 0.25) is 0 Å². The zero-order chi connectivity index (χ0) is 28.0. The molecule has 5 rings (SSSR count). The number of hydrogen-bond acceptors (Lipinski definition) is 7. The average Bonchev–Trinajstić information content (AvgIpc) is 3.64. The van der Waals surface area contributed by atoms with E-state index in [1.54, 1.807) is 37.2 Å². The highest BCUT2D eigenvalue weighted by Crippen LogP contribution is 2.32. The second-order valence-corrected chi connectivity index (χ2v) is 8.88. The van der Waals surface area contributed by atoms with Crippen molar-refractivity contribution in [1.82, 2.24) is 34.8 Å². The molecule has 202 valence electrons. The molecule has 1 aliphatic carbocycles. The molecule has 1 fully saturated rings. The third kappa shape index (κ3) is 7.66. The summed E-state index contributed by atoms with van der Waals surface area (Å²) in [7, 11) is 0. The van der Waals surface area contributed by atoms with E-state index < -0.39 is 12.1 Å². The van der Waals surface area contributed by atoms with E-state index >= 15 is 0 Å². The topological polar surface area (TPSA) is 136 Å². The van der Waals surface area contributed by atoms with Crippen LogP contribution >= 0.6 is 0 Å². The van der Waals surface area contributed by atoms with Crippen LogP contribution in [0.1, 0.15) is 34.7 Å². The minimum absolute atomic E-state index is 0.132. The van der Waals surface area contributed by atoms with Gasteiger partial charge in [0.05, 0.1) is 24.1 Å². The van der Waals surface area contributed by atoms with Crippen LogP contribution < -0.4 is 5.32 Å². The molecule has 2 N–H and O–H groups in total. The molecule has 0 radical (unpaired) electrons. The Labute approximate surface area is 221 Å². The van der Waals surface area contributed by atoms with Crippen LogP contribution in [-0.2, 0) is 17.9 Å². The summed E-state index contributed by atoms with van der Waals surface area (Å²) in [5.74, 6) is -1.63. The lowest BCUT2D eigenvalue weighted by molar-refractivity contribution is -0.192. The lowest BCUT2D eigenvalue weighted by Gasteiger charge is -2.09. The number of aromatic nitrogens is 6. The van der Waals surface area contributed by atoms with Gasteiger partial charge in [0.15, 0.2) is 5.82 Å². The first-order valence-electron chi connectivity index (χ1n) is 11.9. The predicted octanol–water partition coefficient (Wildman–Crippen LogP) is 4.08. The standard InChI is InChI=1S/C24H23N7O.C2HF3O2/c1-16-8-27-21(12-26-16)13-30-24(32)22-7-19(15-31(22)14-17-4-5-17)20-10-28-23(29-11-20)18-3-2-6-25-9-18;3-2(4,5)1(6)7/h2-3,6-12,15,17H,4-5,13-14H2,1H3,(H,30,32);(H,6,7). The summed E-state index contributed by atoms with van der Waals surface area (Å²) in [4.78, 5) is 43.5. The largest absolute Gasteiger partial charge is 0.490 e. The number of rotatable bonds is 7. The molecule has 0 aromatic carbocycles.